The zero-order valence-corrected chi connectivity index (χ0v) is 20.7. The van der Waals surface area contributed by atoms with Crippen molar-refractivity contribution in [3.05, 3.63) is 99.2 Å². The van der Waals surface area contributed by atoms with Crippen molar-refractivity contribution >= 4 is 22.7 Å². The summed E-state index contributed by atoms with van der Waals surface area (Å²) in [4.78, 5) is 28.2. The van der Waals surface area contributed by atoms with Crippen molar-refractivity contribution in [2.45, 2.75) is 25.2 Å². The number of aromatic nitrogens is 2. The van der Waals surface area contributed by atoms with Gasteiger partial charge in [-0.1, -0.05) is 30.3 Å². The van der Waals surface area contributed by atoms with E-state index in [4.69, 9.17) is 4.74 Å². The van der Waals surface area contributed by atoms with E-state index < -0.39 is 41.8 Å². The van der Waals surface area contributed by atoms with Crippen LogP contribution in [0.3, 0.4) is 0 Å². The van der Waals surface area contributed by atoms with E-state index in [-0.39, 0.29) is 34.4 Å². The molecule has 7 nitrogen and oxygen atoms in total. The number of rotatable bonds is 5. The average Bonchev–Trinajstić information content (AvgIpc) is 3.50. The third-order valence-electron chi connectivity index (χ3n) is 6.99. The number of anilines is 1. The molecule has 1 unspecified atom stereocenters. The molecule has 1 aromatic heterocycles. The van der Waals surface area contributed by atoms with Crippen LogP contribution in [-0.4, -0.2) is 35.3 Å². The van der Waals surface area contributed by atoms with E-state index in [1.807, 2.05) is 6.07 Å². The van der Waals surface area contributed by atoms with Gasteiger partial charge in [0.15, 0.2) is 0 Å². The number of nitrogens with zero attached hydrogens (tertiary/aromatic N) is 4. The Kier molecular flexibility index (Phi) is 6.64. The molecular formula is C28H22F4N4O3. The Balaban J connectivity index is 1.66. The van der Waals surface area contributed by atoms with Gasteiger partial charge in [0.1, 0.15) is 11.9 Å². The fourth-order valence-corrected chi connectivity index (χ4v) is 5.30. The number of benzene rings is 3. The second-order valence-corrected chi connectivity index (χ2v) is 9.19. The second-order valence-electron chi connectivity index (χ2n) is 9.19. The number of halogens is 4. The molecule has 11 heteroatoms. The number of carbonyl (C=O) groups excluding carboxylic acids is 1. The van der Waals surface area contributed by atoms with Crippen molar-refractivity contribution in [1.29, 1.82) is 5.26 Å². The fourth-order valence-electron chi connectivity index (χ4n) is 5.30. The van der Waals surface area contributed by atoms with E-state index in [2.05, 4.69) is 0 Å². The minimum Gasteiger partial charge on any atom is -0.465 e. The Hall–Kier alpha value is -4.59. The first-order chi connectivity index (χ1) is 18.7. The highest BCUT2D eigenvalue weighted by molar-refractivity contribution is 6.02. The summed E-state index contributed by atoms with van der Waals surface area (Å²) in [5.74, 6) is -1.31. The minimum atomic E-state index is -4.64. The van der Waals surface area contributed by atoms with E-state index in [9.17, 15) is 32.4 Å². The van der Waals surface area contributed by atoms with E-state index in [1.165, 1.54) is 54.1 Å². The smallest absolute Gasteiger partial charge is 0.416 e. The molecular weight excluding hydrogens is 516 g/mol. The lowest BCUT2D eigenvalue weighted by Gasteiger charge is -2.21. The molecule has 0 saturated carbocycles. The van der Waals surface area contributed by atoms with Gasteiger partial charge in [-0.2, -0.15) is 18.4 Å². The van der Waals surface area contributed by atoms with Crippen LogP contribution >= 0.6 is 0 Å². The molecule has 1 saturated heterocycles. The Labute approximate surface area is 220 Å². The number of para-hydroxylation sites is 2. The van der Waals surface area contributed by atoms with E-state index in [1.54, 1.807) is 17.0 Å². The Morgan fingerprint density at radius 3 is 2.56 bits per heavy atom. The topological polar surface area (TPSA) is 80.3 Å². The first kappa shape index (κ1) is 26.0. The van der Waals surface area contributed by atoms with Crippen LogP contribution < -0.4 is 10.6 Å². The molecule has 0 radical (unpaired) electrons. The number of hydrogen-bond donors (Lipinski definition) is 0. The highest BCUT2D eigenvalue weighted by atomic mass is 19.4. The predicted octanol–water partition coefficient (Wildman–Crippen LogP) is 5.12. The Morgan fingerprint density at radius 1 is 1.10 bits per heavy atom. The van der Waals surface area contributed by atoms with Gasteiger partial charge in [-0.25, -0.2) is 14.0 Å². The lowest BCUT2D eigenvalue weighted by Crippen LogP contribution is -2.30. The molecule has 4 aromatic rings. The second kappa shape index (κ2) is 9.94. The van der Waals surface area contributed by atoms with E-state index in [0.29, 0.717) is 18.5 Å². The van der Waals surface area contributed by atoms with Gasteiger partial charge in [0.05, 0.1) is 53.1 Å². The summed E-state index contributed by atoms with van der Waals surface area (Å²) in [6, 6.07) is 15.3. The first-order valence-corrected chi connectivity index (χ1v) is 12.1. The van der Waals surface area contributed by atoms with E-state index >= 15 is 0 Å². The van der Waals surface area contributed by atoms with Crippen LogP contribution in [0.25, 0.3) is 11.0 Å². The number of hydrogen-bond acceptors (Lipinski definition) is 5. The van der Waals surface area contributed by atoms with Gasteiger partial charge in [0.2, 0.25) is 0 Å². The number of carbonyl (C=O) groups is 1. The summed E-state index contributed by atoms with van der Waals surface area (Å²) in [7, 11) is 1.18. The maximum absolute atomic E-state index is 14.7. The summed E-state index contributed by atoms with van der Waals surface area (Å²) in [6.45, 7) is 0.0809. The maximum Gasteiger partial charge on any atom is 0.416 e. The van der Waals surface area contributed by atoms with Crippen molar-refractivity contribution < 1.29 is 27.1 Å². The van der Waals surface area contributed by atoms with Gasteiger partial charge in [-0.15, -0.1) is 0 Å². The summed E-state index contributed by atoms with van der Waals surface area (Å²) in [5, 5.41) is 9.47. The standard InChI is InChI=1S/C28H22F4N4O3/c1-39-26(37)20-8-5-11-23-25(20)35(15-18-6-2-3-9-21(18)28(30,31)32)27(38)36(23)19-12-13-34(16-19)24-17(14-33)7-4-10-22(24)29/h2-11,19H,12-13,15-16H2,1H3. The van der Waals surface area contributed by atoms with Gasteiger partial charge < -0.3 is 9.64 Å². The summed E-state index contributed by atoms with van der Waals surface area (Å²) < 4.78 is 63.4. The first-order valence-electron chi connectivity index (χ1n) is 12.1. The van der Waals surface area contributed by atoms with Crippen molar-refractivity contribution in [1.82, 2.24) is 9.13 Å². The summed E-state index contributed by atoms with van der Waals surface area (Å²) in [5.41, 5.74) is -0.824. The molecule has 39 heavy (non-hydrogen) atoms. The van der Waals surface area contributed by atoms with Crippen LogP contribution in [-0.2, 0) is 17.5 Å². The number of esters is 1. The maximum atomic E-state index is 14.7. The molecule has 1 aliphatic rings. The SMILES string of the molecule is COC(=O)c1cccc2c1n(Cc1ccccc1C(F)(F)F)c(=O)n2C1CCN(c2c(F)cccc2C#N)C1. The normalized spacial score (nSPS) is 15.5. The minimum absolute atomic E-state index is 0.0334. The molecule has 1 atom stereocenters. The third-order valence-corrected chi connectivity index (χ3v) is 6.99. The summed E-state index contributed by atoms with van der Waals surface area (Å²) in [6.07, 6.45) is -4.24. The molecule has 1 aliphatic heterocycles. The zero-order valence-electron chi connectivity index (χ0n) is 20.7. The predicted molar refractivity (Wildman–Crippen MR) is 135 cm³/mol. The quantitative estimate of drug-likeness (QED) is 0.260. The largest absolute Gasteiger partial charge is 0.465 e. The average molecular weight is 539 g/mol. The third kappa shape index (κ3) is 4.52. The molecule has 200 valence electrons. The van der Waals surface area contributed by atoms with Gasteiger partial charge in [-0.05, 0) is 42.3 Å². The number of imidazole rings is 1. The zero-order chi connectivity index (χ0) is 27.9. The van der Waals surface area contributed by atoms with Crippen molar-refractivity contribution in [2.75, 3.05) is 25.1 Å². The number of ether oxygens (including phenoxy) is 1. The highest BCUT2D eigenvalue weighted by Crippen LogP contribution is 2.35. The molecule has 0 spiro atoms. The van der Waals surface area contributed by atoms with Gasteiger partial charge in [0, 0.05) is 13.1 Å². The molecule has 0 aliphatic carbocycles. The number of alkyl halides is 3. The molecule has 0 amide bonds. The Bertz CT molecular complexity index is 1680. The van der Waals surface area contributed by atoms with Gasteiger partial charge in [-0.3, -0.25) is 9.13 Å². The van der Waals surface area contributed by atoms with Crippen LogP contribution in [0.15, 0.2) is 65.5 Å². The number of fused-ring (bicyclic) bond motifs is 1. The van der Waals surface area contributed by atoms with Gasteiger partial charge in [0.25, 0.3) is 0 Å². The van der Waals surface area contributed by atoms with Crippen molar-refractivity contribution in [3.63, 3.8) is 0 Å². The number of methoxy groups -OCH3 is 1. The molecule has 0 N–H and O–H groups in total. The van der Waals surface area contributed by atoms with E-state index in [0.717, 1.165) is 10.6 Å². The van der Waals surface area contributed by atoms with Gasteiger partial charge >= 0.3 is 17.8 Å². The highest BCUT2D eigenvalue weighted by Gasteiger charge is 2.35. The molecule has 5 rings (SSSR count). The lowest BCUT2D eigenvalue weighted by atomic mass is 10.1. The van der Waals surface area contributed by atoms with Crippen molar-refractivity contribution in [3.8, 4) is 6.07 Å². The van der Waals surface area contributed by atoms with Crippen LogP contribution in [0, 0.1) is 17.1 Å². The lowest BCUT2D eigenvalue weighted by molar-refractivity contribution is -0.138. The molecule has 1 fully saturated rings. The van der Waals surface area contributed by atoms with Crippen LogP contribution in [0.4, 0.5) is 23.2 Å². The molecule has 2 heterocycles. The fraction of sp³-hybridized carbons (Fsp3) is 0.250. The number of nitriles is 1. The monoisotopic (exact) mass is 538 g/mol. The van der Waals surface area contributed by atoms with Crippen LogP contribution in [0.2, 0.25) is 0 Å². The van der Waals surface area contributed by atoms with Crippen molar-refractivity contribution in [2.24, 2.45) is 0 Å². The summed E-state index contributed by atoms with van der Waals surface area (Å²) >= 11 is 0. The van der Waals surface area contributed by atoms with Crippen LogP contribution in [0.5, 0.6) is 0 Å². The molecule has 0 bridgehead atoms. The van der Waals surface area contributed by atoms with Crippen LogP contribution in [0.1, 0.15) is 39.5 Å². The Morgan fingerprint density at radius 2 is 1.85 bits per heavy atom. The molecule has 3 aromatic carbocycles.